The van der Waals surface area contributed by atoms with Gasteiger partial charge in [-0.05, 0) is 29.8 Å². The van der Waals surface area contributed by atoms with Crippen molar-refractivity contribution in [2.45, 2.75) is 0 Å². The van der Waals surface area contributed by atoms with E-state index in [0.29, 0.717) is 0 Å². The van der Waals surface area contributed by atoms with Gasteiger partial charge >= 0.3 is 0 Å². The lowest BCUT2D eigenvalue weighted by atomic mass is 10.2. The number of benzene rings is 2. The Balaban J connectivity index is 1.59. The SMILES string of the molecule is C(=NNc1ccccc1)c1ccc(N2CCNCC2)cc1. The number of hydrazone groups is 1. The number of piperazine rings is 1. The average molecular weight is 280 g/mol. The molecule has 0 radical (unpaired) electrons. The Hall–Kier alpha value is -2.33. The molecular formula is C17H20N4. The maximum Gasteiger partial charge on any atom is 0.0561 e. The average Bonchev–Trinajstić information content (AvgIpc) is 2.57. The van der Waals surface area contributed by atoms with Crippen molar-refractivity contribution in [2.75, 3.05) is 36.5 Å². The predicted octanol–water partition coefficient (Wildman–Crippen LogP) is 2.54. The number of hydrogen-bond acceptors (Lipinski definition) is 4. The third kappa shape index (κ3) is 3.83. The third-order valence-electron chi connectivity index (χ3n) is 3.56. The van der Waals surface area contributed by atoms with Crippen molar-refractivity contribution in [3.63, 3.8) is 0 Å². The zero-order valence-corrected chi connectivity index (χ0v) is 12.0. The molecule has 0 aromatic heterocycles. The van der Waals surface area contributed by atoms with Crippen LogP contribution in [0.4, 0.5) is 11.4 Å². The number of para-hydroxylation sites is 1. The molecule has 2 aromatic rings. The molecule has 1 saturated heterocycles. The lowest BCUT2D eigenvalue weighted by Gasteiger charge is -2.29. The van der Waals surface area contributed by atoms with Crippen LogP contribution in [0.25, 0.3) is 0 Å². The molecule has 108 valence electrons. The molecule has 0 unspecified atom stereocenters. The van der Waals surface area contributed by atoms with Crippen LogP contribution in [0.2, 0.25) is 0 Å². The summed E-state index contributed by atoms with van der Waals surface area (Å²) in [6.07, 6.45) is 1.84. The van der Waals surface area contributed by atoms with E-state index in [1.807, 2.05) is 36.5 Å². The van der Waals surface area contributed by atoms with Gasteiger partial charge in [-0.1, -0.05) is 30.3 Å². The van der Waals surface area contributed by atoms with E-state index in [0.717, 1.165) is 37.4 Å². The minimum Gasteiger partial charge on any atom is -0.369 e. The van der Waals surface area contributed by atoms with Crippen LogP contribution < -0.4 is 15.6 Å². The molecule has 0 amide bonds. The maximum atomic E-state index is 4.26. The summed E-state index contributed by atoms with van der Waals surface area (Å²) < 4.78 is 0. The second kappa shape index (κ2) is 6.90. The van der Waals surface area contributed by atoms with E-state index in [9.17, 15) is 0 Å². The van der Waals surface area contributed by atoms with Crippen LogP contribution in [-0.4, -0.2) is 32.4 Å². The topological polar surface area (TPSA) is 39.7 Å². The molecule has 0 spiro atoms. The summed E-state index contributed by atoms with van der Waals surface area (Å²) in [5, 5.41) is 7.62. The van der Waals surface area contributed by atoms with E-state index >= 15 is 0 Å². The van der Waals surface area contributed by atoms with Gasteiger partial charge < -0.3 is 10.2 Å². The van der Waals surface area contributed by atoms with E-state index in [-0.39, 0.29) is 0 Å². The summed E-state index contributed by atoms with van der Waals surface area (Å²) in [5.74, 6) is 0. The molecular weight excluding hydrogens is 260 g/mol. The molecule has 21 heavy (non-hydrogen) atoms. The van der Waals surface area contributed by atoms with Crippen LogP contribution in [0.5, 0.6) is 0 Å². The van der Waals surface area contributed by atoms with E-state index in [4.69, 9.17) is 0 Å². The van der Waals surface area contributed by atoms with Crippen molar-refractivity contribution in [3.05, 3.63) is 60.2 Å². The Kier molecular flexibility index (Phi) is 4.49. The first-order valence-electron chi connectivity index (χ1n) is 7.32. The quantitative estimate of drug-likeness (QED) is 0.668. The van der Waals surface area contributed by atoms with Crippen molar-refractivity contribution in [2.24, 2.45) is 5.10 Å². The Bertz CT molecular complexity index is 571. The second-order valence-corrected chi connectivity index (χ2v) is 5.06. The van der Waals surface area contributed by atoms with Crippen LogP contribution in [0.15, 0.2) is 59.7 Å². The Morgan fingerprint density at radius 3 is 2.38 bits per heavy atom. The van der Waals surface area contributed by atoms with Gasteiger partial charge in [-0.15, -0.1) is 0 Å². The minimum absolute atomic E-state index is 0.992. The molecule has 0 saturated carbocycles. The van der Waals surface area contributed by atoms with Gasteiger partial charge in [0.25, 0.3) is 0 Å². The highest BCUT2D eigenvalue weighted by Gasteiger charge is 2.09. The van der Waals surface area contributed by atoms with E-state index in [1.54, 1.807) is 0 Å². The van der Waals surface area contributed by atoms with Gasteiger partial charge in [0.15, 0.2) is 0 Å². The van der Waals surface area contributed by atoms with Gasteiger partial charge in [-0.25, -0.2) is 0 Å². The van der Waals surface area contributed by atoms with Gasteiger partial charge in [0.1, 0.15) is 0 Å². The van der Waals surface area contributed by atoms with Crippen molar-refractivity contribution in [1.29, 1.82) is 0 Å². The predicted molar refractivity (Wildman–Crippen MR) is 89.2 cm³/mol. The third-order valence-corrected chi connectivity index (χ3v) is 3.56. The molecule has 2 aromatic carbocycles. The largest absolute Gasteiger partial charge is 0.369 e. The standard InChI is InChI=1S/C17H20N4/c1-2-4-16(5-3-1)20-19-14-15-6-8-17(9-7-15)21-12-10-18-11-13-21/h1-9,14,18,20H,10-13H2. The fraction of sp³-hybridized carbons (Fsp3) is 0.235. The summed E-state index contributed by atoms with van der Waals surface area (Å²) in [6.45, 7) is 4.26. The summed E-state index contributed by atoms with van der Waals surface area (Å²) in [5.41, 5.74) is 6.39. The fourth-order valence-corrected chi connectivity index (χ4v) is 2.39. The highest BCUT2D eigenvalue weighted by Crippen LogP contribution is 2.15. The van der Waals surface area contributed by atoms with Crippen LogP contribution in [-0.2, 0) is 0 Å². The van der Waals surface area contributed by atoms with Crippen LogP contribution in [0.3, 0.4) is 0 Å². The van der Waals surface area contributed by atoms with Gasteiger partial charge in [0.2, 0.25) is 0 Å². The number of anilines is 2. The van der Waals surface area contributed by atoms with E-state index in [2.05, 4.69) is 45.0 Å². The molecule has 0 atom stereocenters. The van der Waals surface area contributed by atoms with Crippen molar-refractivity contribution < 1.29 is 0 Å². The molecule has 0 aliphatic carbocycles. The molecule has 1 aliphatic rings. The van der Waals surface area contributed by atoms with Gasteiger partial charge in [-0.2, -0.15) is 5.10 Å². The monoisotopic (exact) mass is 280 g/mol. The number of rotatable bonds is 4. The summed E-state index contributed by atoms with van der Waals surface area (Å²) in [7, 11) is 0. The fourth-order valence-electron chi connectivity index (χ4n) is 2.39. The maximum absolute atomic E-state index is 4.26. The van der Waals surface area contributed by atoms with Gasteiger partial charge in [0, 0.05) is 31.9 Å². The van der Waals surface area contributed by atoms with Crippen LogP contribution in [0, 0.1) is 0 Å². The molecule has 4 nitrogen and oxygen atoms in total. The zero-order valence-electron chi connectivity index (χ0n) is 12.0. The van der Waals surface area contributed by atoms with Crippen molar-refractivity contribution >= 4 is 17.6 Å². The minimum atomic E-state index is 0.992. The van der Waals surface area contributed by atoms with E-state index < -0.39 is 0 Å². The van der Waals surface area contributed by atoms with Gasteiger partial charge in [0.05, 0.1) is 11.9 Å². The Morgan fingerprint density at radius 1 is 0.952 bits per heavy atom. The lowest BCUT2D eigenvalue weighted by molar-refractivity contribution is 0.589. The smallest absolute Gasteiger partial charge is 0.0561 e. The Morgan fingerprint density at radius 2 is 1.67 bits per heavy atom. The molecule has 0 bridgehead atoms. The number of nitrogens with zero attached hydrogens (tertiary/aromatic N) is 2. The van der Waals surface area contributed by atoms with Crippen LogP contribution in [0.1, 0.15) is 5.56 Å². The molecule has 4 heteroatoms. The summed E-state index contributed by atoms with van der Waals surface area (Å²) in [6, 6.07) is 18.5. The van der Waals surface area contributed by atoms with Gasteiger partial charge in [-0.3, -0.25) is 5.43 Å². The summed E-state index contributed by atoms with van der Waals surface area (Å²) in [4.78, 5) is 2.40. The zero-order chi connectivity index (χ0) is 14.3. The normalized spacial score (nSPS) is 15.3. The van der Waals surface area contributed by atoms with Crippen molar-refractivity contribution in [1.82, 2.24) is 5.32 Å². The highest BCUT2D eigenvalue weighted by atomic mass is 15.3. The molecule has 2 N–H and O–H groups in total. The molecule has 3 rings (SSSR count). The van der Waals surface area contributed by atoms with Crippen molar-refractivity contribution in [3.8, 4) is 0 Å². The molecule has 1 aliphatic heterocycles. The van der Waals surface area contributed by atoms with Crippen LogP contribution >= 0.6 is 0 Å². The molecule has 1 heterocycles. The first-order chi connectivity index (χ1) is 10.4. The molecule has 1 fully saturated rings. The highest BCUT2D eigenvalue weighted by molar-refractivity contribution is 5.81. The van der Waals surface area contributed by atoms with E-state index in [1.165, 1.54) is 5.69 Å². The Labute approximate surface area is 125 Å². The number of hydrogen-bond donors (Lipinski definition) is 2. The second-order valence-electron chi connectivity index (χ2n) is 5.06. The lowest BCUT2D eigenvalue weighted by Crippen LogP contribution is -2.43. The first-order valence-corrected chi connectivity index (χ1v) is 7.32. The number of nitrogens with one attached hydrogen (secondary N) is 2. The first kappa shape index (κ1) is 13.6. The summed E-state index contributed by atoms with van der Waals surface area (Å²) >= 11 is 0.